The molecule has 0 spiro atoms. The Hall–Kier alpha value is -1.67. The molecule has 1 N–H and O–H groups in total. The number of piperidine rings is 1. The molecule has 0 amide bonds. The summed E-state index contributed by atoms with van der Waals surface area (Å²) in [7, 11) is -1.18. The van der Waals surface area contributed by atoms with Crippen LogP contribution in [0.2, 0.25) is 0 Å². The molecule has 132 valence electrons. The molecule has 2 atom stereocenters. The highest BCUT2D eigenvalue weighted by atomic mass is 32.2. The van der Waals surface area contributed by atoms with Gasteiger partial charge in [-0.15, -0.1) is 0 Å². The molecule has 7 nitrogen and oxygen atoms in total. The second-order valence-corrected chi connectivity index (χ2v) is 8.64. The van der Waals surface area contributed by atoms with Gasteiger partial charge in [-0.1, -0.05) is 13.8 Å². The third-order valence-electron chi connectivity index (χ3n) is 4.90. The number of sulfonamides is 1. The largest absolute Gasteiger partial charge is 0.354 e. The van der Waals surface area contributed by atoms with Crippen LogP contribution < -0.4 is 4.90 Å². The van der Waals surface area contributed by atoms with Crippen molar-refractivity contribution < 1.29 is 8.42 Å². The van der Waals surface area contributed by atoms with Gasteiger partial charge in [-0.3, -0.25) is 0 Å². The number of anilines is 1. The van der Waals surface area contributed by atoms with Crippen LogP contribution in [0.3, 0.4) is 0 Å². The first kappa shape index (κ1) is 17.2. The molecule has 0 aliphatic carbocycles. The number of nitrogens with one attached hydrogen (secondary N) is 1. The summed E-state index contributed by atoms with van der Waals surface area (Å²) in [5.41, 5.74) is 0.797. The molecule has 1 aliphatic heterocycles. The van der Waals surface area contributed by atoms with Gasteiger partial charge in [0.25, 0.3) is 0 Å². The minimum Gasteiger partial charge on any atom is -0.354 e. The Kier molecular flexibility index (Phi) is 4.78. The molecule has 0 aromatic carbocycles. The van der Waals surface area contributed by atoms with E-state index in [1.165, 1.54) is 0 Å². The number of fused-ring (bicyclic) bond motifs is 1. The molecule has 2 aromatic heterocycles. The topological polar surface area (TPSA) is 82.2 Å². The van der Waals surface area contributed by atoms with Gasteiger partial charge in [0.2, 0.25) is 10.0 Å². The van der Waals surface area contributed by atoms with E-state index in [2.05, 4.69) is 26.8 Å². The molecule has 1 aliphatic rings. The van der Waals surface area contributed by atoms with E-state index in [0.29, 0.717) is 25.4 Å². The molecule has 8 heteroatoms. The molecule has 0 bridgehead atoms. The van der Waals surface area contributed by atoms with Crippen LogP contribution in [0.15, 0.2) is 18.6 Å². The maximum atomic E-state index is 12.4. The van der Waals surface area contributed by atoms with Gasteiger partial charge in [0.05, 0.1) is 11.1 Å². The number of likely N-dealkylation sites (N-methyl/N-ethyl adjacent to an activating group) is 1. The van der Waals surface area contributed by atoms with Gasteiger partial charge < -0.3 is 9.88 Å². The van der Waals surface area contributed by atoms with E-state index in [4.69, 9.17) is 0 Å². The quantitative estimate of drug-likeness (QED) is 0.889. The van der Waals surface area contributed by atoms with Crippen LogP contribution in [0.1, 0.15) is 26.7 Å². The molecule has 1 fully saturated rings. The molecule has 3 rings (SSSR count). The van der Waals surface area contributed by atoms with Gasteiger partial charge in [-0.05, 0) is 24.8 Å². The fraction of sp³-hybridized carbons (Fsp3) is 0.625. The summed E-state index contributed by atoms with van der Waals surface area (Å²) >= 11 is 0. The number of H-pyrrole nitrogens is 1. The molecule has 0 saturated carbocycles. The van der Waals surface area contributed by atoms with Crippen molar-refractivity contribution in [3.63, 3.8) is 0 Å². The summed E-state index contributed by atoms with van der Waals surface area (Å²) in [6.07, 6.45) is 4.90. The Labute approximate surface area is 143 Å². The van der Waals surface area contributed by atoms with E-state index >= 15 is 0 Å². The Bertz CT molecular complexity index is 804. The molecule has 1 saturated heterocycles. The van der Waals surface area contributed by atoms with Crippen LogP contribution in [0, 0.1) is 5.92 Å². The molecular formula is C16H25N5O2S. The van der Waals surface area contributed by atoms with Gasteiger partial charge in [0, 0.05) is 32.4 Å². The highest BCUT2D eigenvalue weighted by Gasteiger charge is 2.35. The highest BCUT2D eigenvalue weighted by Crippen LogP contribution is 2.29. The van der Waals surface area contributed by atoms with Gasteiger partial charge in [0.15, 0.2) is 0 Å². The van der Waals surface area contributed by atoms with Crippen LogP contribution >= 0.6 is 0 Å². The second kappa shape index (κ2) is 6.68. The lowest BCUT2D eigenvalue weighted by Gasteiger charge is -2.41. The van der Waals surface area contributed by atoms with Gasteiger partial charge in [0.1, 0.15) is 17.8 Å². The van der Waals surface area contributed by atoms with Gasteiger partial charge in [-0.2, -0.15) is 4.31 Å². The van der Waals surface area contributed by atoms with Gasteiger partial charge in [-0.25, -0.2) is 18.4 Å². The van der Waals surface area contributed by atoms with Crippen LogP contribution in [-0.4, -0.2) is 59.6 Å². The first-order valence-electron chi connectivity index (χ1n) is 8.42. The number of rotatable bonds is 5. The van der Waals surface area contributed by atoms with Crippen molar-refractivity contribution in [2.75, 3.05) is 30.8 Å². The number of aromatic amines is 1. The fourth-order valence-electron chi connectivity index (χ4n) is 3.46. The second-order valence-electron chi connectivity index (χ2n) is 6.56. The number of hydrogen-bond donors (Lipinski definition) is 1. The monoisotopic (exact) mass is 351 g/mol. The van der Waals surface area contributed by atoms with E-state index < -0.39 is 10.0 Å². The first-order chi connectivity index (χ1) is 11.4. The smallest absolute Gasteiger partial charge is 0.214 e. The standard InChI is InChI=1S/C16H25N5O2S/c1-4-9-24(22,23)21-8-6-12(2)14(10-21)20(3)16-13-5-7-17-15(13)18-11-19-16/h5,7,11-12,14H,4,6,8-10H2,1-3H3,(H,17,18,19). The third-order valence-corrected chi connectivity index (χ3v) is 6.94. The zero-order valence-corrected chi connectivity index (χ0v) is 15.3. The zero-order valence-electron chi connectivity index (χ0n) is 14.4. The summed E-state index contributed by atoms with van der Waals surface area (Å²) in [6, 6.07) is 2.05. The minimum absolute atomic E-state index is 0.0957. The summed E-state index contributed by atoms with van der Waals surface area (Å²) in [6.45, 7) is 5.20. The molecule has 0 radical (unpaired) electrons. The van der Waals surface area contributed by atoms with Crippen molar-refractivity contribution in [1.82, 2.24) is 19.3 Å². The summed E-state index contributed by atoms with van der Waals surface area (Å²) < 4.78 is 26.5. The van der Waals surface area contributed by atoms with E-state index in [0.717, 1.165) is 23.3 Å². The predicted octanol–water partition coefficient (Wildman–Crippen LogP) is 1.84. The zero-order chi connectivity index (χ0) is 17.3. The van der Waals surface area contributed by atoms with E-state index in [1.807, 2.05) is 26.2 Å². The van der Waals surface area contributed by atoms with E-state index in [9.17, 15) is 8.42 Å². The lowest BCUT2D eigenvalue weighted by atomic mass is 9.93. The maximum Gasteiger partial charge on any atom is 0.214 e. The molecule has 3 heterocycles. The molecule has 24 heavy (non-hydrogen) atoms. The molecule has 2 aromatic rings. The number of nitrogens with zero attached hydrogens (tertiary/aromatic N) is 4. The van der Waals surface area contributed by atoms with Crippen molar-refractivity contribution in [3.05, 3.63) is 18.6 Å². The summed E-state index contributed by atoms with van der Waals surface area (Å²) in [5, 5.41) is 0.959. The Morgan fingerprint density at radius 2 is 2.21 bits per heavy atom. The lowest BCUT2D eigenvalue weighted by Crippen LogP contribution is -2.53. The van der Waals surface area contributed by atoms with Crippen LogP contribution in [0.4, 0.5) is 5.82 Å². The Morgan fingerprint density at radius 3 is 2.96 bits per heavy atom. The Balaban J connectivity index is 1.88. The number of aromatic nitrogens is 3. The summed E-state index contributed by atoms with van der Waals surface area (Å²) in [5.74, 6) is 1.45. The highest BCUT2D eigenvalue weighted by molar-refractivity contribution is 7.89. The van der Waals surface area contributed by atoms with E-state index in [1.54, 1.807) is 10.6 Å². The van der Waals surface area contributed by atoms with Crippen molar-refractivity contribution in [3.8, 4) is 0 Å². The Morgan fingerprint density at radius 1 is 1.42 bits per heavy atom. The SMILES string of the molecule is CCCS(=O)(=O)N1CCC(C)C(N(C)c2ncnc3[nH]ccc23)C1. The van der Waals surface area contributed by atoms with E-state index in [-0.39, 0.29) is 11.8 Å². The minimum atomic E-state index is -3.17. The third kappa shape index (κ3) is 3.12. The van der Waals surface area contributed by atoms with Crippen molar-refractivity contribution in [2.45, 2.75) is 32.7 Å². The molecular weight excluding hydrogens is 326 g/mol. The summed E-state index contributed by atoms with van der Waals surface area (Å²) in [4.78, 5) is 13.9. The van der Waals surface area contributed by atoms with Gasteiger partial charge >= 0.3 is 0 Å². The molecule has 2 unspecified atom stereocenters. The maximum absolute atomic E-state index is 12.4. The van der Waals surface area contributed by atoms with Crippen molar-refractivity contribution in [1.29, 1.82) is 0 Å². The van der Waals surface area contributed by atoms with Crippen molar-refractivity contribution in [2.24, 2.45) is 5.92 Å². The van der Waals surface area contributed by atoms with Crippen LogP contribution in [0.5, 0.6) is 0 Å². The fourth-order valence-corrected chi connectivity index (χ4v) is 5.00. The predicted molar refractivity (Wildman–Crippen MR) is 95.5 cm³/mol. The normalized spacial score (nSPS) is 22.8. The van der Waals surface area contributed by atoms with Crippen molar-refractivity contribution >= 4 is 26.9 Å². The van der Waals surface area contributed by atoms with Crippen LogP contribution in [0.25, 0.3) is 11.0 Å². The first-order valence-corrected chi connectivity index (χ1v) is 10.0. The average molecular weight is 351 g/mol. The van der Waals surface area contributed by atoms with Crippen LogP contribution in [-0.2, 0) is 10.0 Å². The number of hydrogen-bond acceptors (Lipinski definition) is 5. The average Bonchev–Trinajstić information content (AvgIpc) is 3.03. The lowest BCUT2D eigenvalue weighted by molar-refractivity contribution is 0.247.